The molecule has 0 saturated carbocycles. The lowest BCUT2D eigenvalue weighted by molar-refractivity contribution is 0.628. The summed E-state index contributed by atoms with van der Waals surface area (Å²) in [7, 11) is 0. The Morgan fingerprint density at radius 1 is 1.00 bits per heavy atom. The minimum atomic E-state index is -0.207. The third-order valence-corrected chi connectivity index (χ3v) is 3.55. The average Bonchev–Trinajstić information content (AvgIpc) is 2.48. The number of rotatable bonds is 3. The topological polar surface area (TPSA) is 12.9 Å². The maximum Gasteiger partial charge on any atom is 0.123 e. The Labute approximate surface area is 124 Å². The largest absolute Gasteiger partial charge is 0.248 e. The number of aromatic nitrogens is 1. The first kappa shape index (κ1) is 13.7. The van der Waals surface area contributed by atoms with Crippen LogP contribution < -0.4 is 0 Å². The lowest BCUT2D eigenvalue weighted by Gasteiger charge is -2.12. The van der Waals surface area contributed by atoms with Gasteiger partial charge in [-0.05, 0) is 42.2 Å². The predicted molar refractivity (Wildman–Crippen MR) is 85.7 cm³/mol. The van der Waals surface area contributed by atoms with Gasteiger partial charge in [-0.1, -0.05) is 44.2 Å². The van der Waals surface area contributed by atoms with E-state index in [0.717, 1.165) is 34.1 Å². The van der Waals surface area contributed by atoms with Crippen molar-refractivity contribution in [2.75, 3.05) is 0 Å². The smallest absolute Gasteiger partial charge is 0.123 e. The summed E-state index contributed by atoms with van der Waals surface area (Å²) in [6.45, 7) is 4.35. The molecule has 1 heterocycles. The standard InChI is InChI=1S/C19H18FN/c1-13(2)10-15-11-19(14-6-4-3-5-7-14)21-18-9-8-16(20)12-17(15)18/h3-9,11-13H,10H2,1-2H3. The lowest BCUT2D eigenvalue weighted by Crippen LogP contribution is -1.98. The second-order valence-corrected chi connectivity index (χ2v) is 5.79. The van der Waals surface area contributed by atoms with Gasteiger partial charge >= 0.3 is 0 Å². The van der Waals surface area contributed by atoms with Gasteiger partial charge in [0.05, 0.1) is 11.2 Å². The molecule has 1 aromatic heterocycles. The van der Waals surface area contributed by atoms with E-state index in [0.29, 0.717) is 5.92 Å². The molecular weight excluding hydrogens is 261 g/mol. The van der Waals surface area contributed by atoms with Crippen LogP contribution in [0.4, 0.5) is 4.39 Å². The van der Waals surface area contributed by atoms with Crippen molar-refractivity contribution in [2.24, 2.45) is 5.92 Å². The lowest BCUT2D eigenvalue weighted by atomic mass is 9.97. The maximum absolute atomic E-state index is 13.5. The maximum atomic E-state index is 13.5. The van der Waals surface area contributed by atoms with Crippen LogP contribution in [-0.2, 0) is 6.42 Å². The second-order valence-electron chi connectivity index (χ2n) is 5.79. The first-order valence-electron chi connectivity index (χ1n) is 7.28. The van der Waals surface area contributed by atoms with Gasteiger partial charge in [0.2, 0.25) is 0 Å². The molecule has 0 aliphatic rings. The molecule has 0 spiro atoms. The zero-order valence-corrected chi connectivity index (χ0v) is 12.3. The molecule has 0 N–H and O–H groups in total. The molecule has 0 aliphatic carbocycles. The van der Waals surface area contributed by atoms with E-state index in [-0.39, 0.29) is 5.82 Å². The van der Waals surface area contributed by atoms with Crippen LogP contribution >= 0.6 is 0 Å². The van der Waals surface area contributed by atoms with Crippen LogP contribution in [0.25, 0.3) is 22.2 Å². The van der Waals surface area contributed by atoms with Crippen molar-refractivity contribution in [1.29, 1.82) is 0 Å². The van der Waals surface area contributed by atoms with E-state index in [9.17, 15) is 4.39 Å². The van der Waals surface area contributed by atoms with Crippen molar-refractivity contribution in [3.8, 4) is 11.3 Å². The Balaban J connectivity index is 2.22. The van der Waals surface area contributed by atoms with Crippen LogP contribution in [-0.4, -0.2) is 4.98 Å². The number of fused-ring (bicyclic) bond motifs is 1. The van der Waals surface area contributed by atoms with Crippen LogP contribution in [0.3, 0.4) is 0 Å². The minimum Gasteiger partial charge on any atom is -0.248 e. The highest BCUT2D eigenvalue weighted by atomic mass is 19.1. The summed E-state index contributed by atoms with van der Waals surface area (Å²) in [6, 6.07) is 17.0. The molecule has 3 aromatic rings. The van der Waals surface area contributed by atoms with Gasteiger partial charge in [-0.3, -0.25) is 0 Å². The van der Waals surface area contributed by atoms with E-state index in [1.165, 1.54) is 6.07 Å². The fourth-order valence-corrected chi connectivity index (χ4v) is 2.63. The summed E-state index contributed by atoms with van der Waals surface area (Å²) in [4.78, 5) is 4.69. The summed E-state index contributed by atoms with van der Waals surface area (Å²) in [5, 5.41) is 0.920. The molecule has 0 unspecified atom stereocenters. The van der Waals surface area contributed by atoms with Crippen LogP contribution in [0.2, 0.25) is 0 Å². The van der Waals surface area contributed by atoms with Crippen molar-refractivity contribution in [1.82, 2.24) is 4.98 Å². The average molecular weight is 279 g/mol. The molecule has 2 heteroatoms. The molecule has 0 amide bonds. The van der Waals surface area contributed by atoms with E-state index in [1.807, 2.05) is 18.2 Å². The van der Waals surface area contributed by atoms with Gasteiger partial charge in [-0.25, -0.2) is 9.37 Å². The van der Waals surface area contributed by atoms with Gasteiger partial charge < -0.3 is 0 Å². The zero-order valence-electron chi connectivity index (χ0n) is 12.3. The third kappa shape index (κ3) is 2.94. The van der Waals surface area contributed by atoms with Gasteiger partial charge in [0, 0.05) is 10.9 Å². The highest BCUT2D eigenvalue weighted by Gasteiger charge is 2.10. The molecule has 0 saturated heterocycles. The van der Waals surface area contributed by atoms with E-state index in [4.69, 9.17) is 0 Å². The van der Waals surface area contributed by atoms with Gasteiger partial charge in [0.1, 0.15) is 5.82 Å². The van der Waals surface area contributed by atoms with Crippen LogP contribution in [0, 0.1) is 11.7 Å². The van der Waals surface area contributed by atoms with Crippen LogP contribution in [0.5, 0.6) is 0 Å². The summed E-state index contributed by atoms with van der Waals surface area (Å²) in [5.41, 5.74) is 4.06. The summed E-state index contributed by atoms with van der Waals surface area (Å²) >= 11 is 0. The summed E-state index contributed by atoms with van der Waals surface area (Å²) in [6.07, 6.45) is 0.919. The first-order valence-corrected chi connectivity index (χ1v) is 7.28. The fourth-order valence-electron chi connectivity index (χ4n) is 2.63. The number of halogens is 1. The second kappa shape index (κ2) is 5.65. The van der Waals surface area contributed by atoms with Crippen molar-refractivity contribution in [3.05, 3.63) is 66.0 Å². The molecule has 21 heavy (non-hydrogen) atoms. The molecule has 2 aromatic carbocycles. The Bertz CT molecular complexity index is 763. The number of pyridine rings is 1. The van der Waals surface area contributed by atoms with Crippen molar-refractivity contribution < 1.29 is 4.39 Å². The summed E-state index contributed by atoms with van der Waals surface area (Å²) < 4.78 is 13.5. The summed E-state index contributed by atoms with van der Waals surface area (Å²) in [5.74, 6) is 0.309. The van der Waals surface area contributed by atoms with Gasteiger partial charge in [0.25, 0.3) is 0 Å². The van der Waals surface area contributed by atoms with E-state index in [2.05, 4.69) is 37.0 Å². The van der Waals surface area contributed by atoms with Crippen LogP contribution in [0.15, 0.2) is 54.6 Å². The van der Waals surface area contributed by atoms with Gasteiger partial charge in [-0.2, -0.15) is 0 Å². The molecule has 0 radical (unpaired) electrons. The highest BCUT2D eigenvalue weighted by molar-refractivity contribution is 5.85. The number of benzene rings is 2. The molecule has 0 atom stereocenters. The third-order valence-electron chi connectivity index (χ3n) is 3.55. The normalized spacial score (nSPS) is 11.2. The highest BCUT2D eigenvalue weighted by Crippen LogP contribution is 2.27. The zero-order chi connectivity index (χ0) is 14.8. The Morgan fingerprint density at radius 2 is 1.76 bits per heavy atom. The molecule has 0 fully saturated rings. The molecule has 1 nitrogen and oxygen atoms in total. The van der Waals surface area contributed by atoms with Crippen molar-refractivity contribution >= 4 is 10.9 Å². The SMILES string of the molecule is CC(C)Cc1cc(-c2ccccc2)nc2ccc(F)cc12. The molecule has 0 bridgehead atoms. The van der Waals surface area contributed by atoms with Gasteiger partial charge in [-0.15, -0.1) is 0 Å². The Kier molecular flexibility index (Phi) is 3.70. The van der Waals surface area contributed by atoms with E-state index < -0.39 is 0 Å². The molecule has 106 valence electrons. The Hall–Kier alpha value is -2.22. The monoisotopic (exact) mass is 279 g/mol. The van der Waals surface area contributed by atoms with Crippen molar-refractivity contribution in [2.45, 2.75) is 20.3 Å². The predicted octanol–water partition coefficient (Wildman–Crippen LogP) is 5.24. The first-order chi connectivity index (χ1) is 10.1. The minimum absolute atomic E-state index is 0.207. The number of nitrogens with zero attached hydrogens (tertiary/aromatic N) is 1. The van der Waals surface area contributed by atoms with E-state index in [1.54, 1.807) is 12.1 Å². The van der Waals surface area contributed by atoms with Crippen molar-refractivity contribution in [3.63, 3.8) is 0 Å². The molecular formula is C19H18FN. The quantitative estimate of drug-likeness (QED) is 0.639. The number of hydrogen-bond donors (Lipinski definition) is 0. The van der Waals surface area contributed by atoms with E-state index >= 15 is 0 Å². The fraction of sp³-hybridized carbons (Fsp3) is 0.211. The van der Waals surface area contributed by atoms with Gasteiger partial charge in [0.15, 0.2) is 0 Å². The van der Waals surface area contributed by atoms with Crippen LogP contribution in [0.1, 0.15) is 19.4 Å². The number of hydrogen-bond acceptors (Lipinski definition) is 1. The Morgan fingerprint density at radius 3 is 2.48 bits per heavy atom. The molecule has 3 rings (SSSR count). The molecule has 0 aliphatic heterocycles.